The maximum atomic E-state index is 14.0. The number of rotatable bonds is 4. The number of alkyl halides is 1. The van der Waals surface area contributed by atoms with E-state index in [-0.39, 0.29) is 4.90 Å². The second-order valence-electron chi connectivity index (χ2n) is 3.60. The van der Waals surface area contributed by atoms with Crippen LogP contribution in [0, 0.1) is 0 Å². The molecule has 0 saturated carbocycles. The number of aromatic nitrogens is 1. The minimum absolute atomic E-state index is 0.120. The van der Waals surface area contributed by atoms with E-state index in [1.54, 1.807) is 18.2 Å². The average Bonchev–Trinajstić information content (AvgIpc) is 2.47. The maximum absolute atomic E-state index is 14.0. The van der Waals surface area contributed by atoms with Crippen molar-refractivity contribution in [3.63, 3.8) is 0 Å². The van der Waals surface area contributed by atoms with Crippen molar-refractivity contribution in [3.05, 3.63) is 54.7 Å². The SMILES string of the molecule is O=S(c1ccccc1)C(F)S(=O)(=O)c1ccccn1. The van der Waals surface area contributed by atoms with E-state index in [1.807, 2.05) is 0 Å². The van der Waals surface area contributed by atoms with Gasteiger partial charge in [-0.15, -0.1) is 0 Å². The number of nitrogens with zero attached hydrogens (tertiary/aromatic N) is 1. The standard InChI is InChI=1S/C12H10FNO3S2/c13-12(18(15)10-6-2-1-3-7-10)19(16,17)11-8-4-5-9-14-11/h1-9,12H. The zero-order valence-corrected chi connectivity index (χ0v) is 11.3. The van der Waals surface area contributed by atoms with Crippen molar-refractivity contribution < 1.29 is 17.0 Å². The van der Waals surface area contributed by atoms with Gasteiger partial charge in [-0.2, -0.15) is 0 Å². The van der Waals surface area contributed by atoms with Crippen LogP contribution >= 0.6 is 0 Å². The lowest BCUT2D eigenvalue weighted by molar-refractivity contribution is 0.496. The minimum atomic E-state index is -4.36. The summed E-state index contributed by atoms with van der Waals surface area (Å²) in [5.41, 5.74) is 0. The maximum Gasteiger partial charge on any atom is 0.284 e. The van der Waals surface area contributed by atoms with Crippen LogP contribution in [-0.2, 0) is 20.6 Å². The van der Waals surface area contributed by atoms with Crippen LogP contribution < -0.4 is 0 Å². The molecule has 0 spiro atoms. The Morgan fingerprint density at radius 3 is 2.26 bits per heavy atom. The van der Waals surface area contributed by atoms with Gasteiger partial charge in [0, 0.05) is 11.1 Å². The molecular formula is C12H10FNO3S2. The van der Waals surface area contributed by atoms with E-state index in [1.165, 1.54) is 36.5 Å². The minimum Gasteiger partial charge on any atom is -0.250 e. The Morgan fingerprint density at radius 1 is 1.05 bits per heavy atom. The molecule has 0 N–H and O–H groups in total. The summed E-state index contributed by atoms with van der Waals surface area (Å²) in [6.45, 7) is 0. The Kier molecular flexibility index (Phi) is 4.06. The molecule has 0 radical (unpaired) electrons. The van der Waals surface area contributed by atoms with Crippen molar-refractivity contribution in [1.29, 1.82) is 0 Å². The Labute approximate surface area is 112 Å². The highest BCUT2D eigenvalue weighted by Gasteiger charge is 2.34. The third-order valence-corrected chi connectivity index (χ3v) is 5.99. The van der Waals surface area contributed by atoms with Crippen molar-refractivity contribution in [2.75, 3.05) is 0 Å². The first kappa shape index (κ1) is 13.8. The van der Waals surface area contributed by atoms with Crippen LogP contribution in [0.2, 0.25) is 0 Å². The summed E-state index contributed by atoms with van der Waals surface area (Å²) < 4.78 is 49.7. The number of sulfone groups is 1. The Morgan fingerprint density at radius 2 is 1.68 bits per heavy atom. The summed E-state index contributed by atoms with van der Waals surface area (Å²) >= 11 is 0. The third-order valence-electron chi connectivity index (χ3n) is 2.32. The molecule has 1 aromatic carbocycles. The molecule has 19 heavy (non-hydrogen) atoms. The second-order valence-corrected chi connectivity index (χ2v) is 7.30. The van der Waals surface area contributed by atoms with Gasteiger partial charge in [-0.25, -0.2) is 17.8 Å². The summed E-state index contributed by atoms with van der Waals surface area (Å²) in [6.07, 6.45) is 1.24. The van der Waals surface area contributed by atoms with Crippen LogP contribution in [0.4, 0.5) is 4.39 Å². The topological polar surface area (TPSA) is 64.1 Å². The Balaban J connectivity index is 2.35. The zero-order valence-electron chi connectivity index (χ0n) is 9.64. The first-order valence-electron chi connectivity index (χ1n) is 5.28. The van der Waals surface area contributed by atoms with Crippen LogP contribution in [0.1, 0.15) is 0 Å². The van der Waals surface area contributed by atoms with Gasteiger partial charge in [0.15, 0.2) is 5.03 Å². The number of hydrogen-bond donors (Lipinski definition) is 0. The van der Waals surface area contributed by atoms with Gasteiger partial charge in [0.1, 0.15) is 10.8 Å². The van der Waals surface area contributed by atoms with Gasteiger partial charge in [0.25, 0.3) is 4.84 Å². The third kappa shape index (κ3) is 2.87. The van der Waals surface area contributed by atoms with Gasteiger partial charge < -0.3 is 0 Å². The molecule has 0 bridgehead atoms. The smallest absolute Gasteiger partial charge is 0.250 e. The predicted molar refractivity (Wildman–Crippen MR) is 69.2 cm³/mol. The van der Waals surface area contributed by atoms with E-state index in [2.05, 4.69) is 4.98 Å². The molecule has 4 nitrogen and oxygen atoms in total. The number of hydrogen-bond acceptors (Lipinski definition) is 4. The first-order chi connectivity index (χ1) is 9.03. The Hall–Kier alpha value is -1.60. The molecule has 0 fully saturated rings. The Bertz CT molecular complexity index is 675. The molecular weight excluding hydrogens is 289 g/mol. The molecule has 2 rings (SSSR count). The van der Waals surface area contributed by atoms with Crippen LogP contribution in [-0.4, -0.2) is 22.4 Å². The highest BCUT2D eigenvalue weighted by atomic mass is 32.3. The van der Waals surface area contributed by atoms with Crippen LogP contribution in [0.25, 0.3) is 0 Å². The van der Waals surface area contributed by atoms with Crippen molar-refractivity contribution in [1.82, 2.24) is 4.98 Å². The summed E-state index contributed by atoms with van der Waals surface area (Å²) in [5.74, 6) is 0. The second kappa shape index (κ2) is 5.58. The van der Waals surface area contributed by atoms with Crippen molar-refractivity contribution in [3.8, 4) is 0 Å². The number of pyridine rings is 1. The summed E-state index contributed by atoms with van der Waals surface area (Å²) in [5, 5.41) is -0.424. The van der Waals surface area contributed by atoms with E-state index < -0.39 is 30.5 Å². The average molecular weight is 299 g/mol. The molecule has 2 aromatic rings. The van der Waals surface area contributed by atoms with Crippen LogP contribution in [0.3, 0.4) is 0 Å². The molecule has 2 atom stereocenters. The summed E-state index contributed by atoms with van der Waals surface area (Å²) in [7, 11) is -6.66. The lowest BCUT2D eigenvalue weighted by Crippen LogP contribution is -2.22. The van der Waals surface area contributed by atoms with Crippen molar-refractivity contribution >= 4 is 20.6 Å². The van der Waals surface area contributed by atoms with Gasteiger partial charge in [0.05, 0.1) is 0 Å². The zero-order chi connectivity index (χ0) is 13.9. The number of benzene rings is 1. The summed E-state index contributed by atoms with van der Waals surface area (Å²) in [6, 6.07) is 11.7. The van der Waals surface area contributed by atoms with Gasteiger partial charge in [0.2, 0.25) is 9.84 Å². The number of halogens is 1. The summed E-state index contributed by atoms with van der Waals surface area (Å²) in [4.78, 5) is 1.17. The van der Waals surface area contributed by atoms with Crippen molar-refractivity contribution in [2.45, 2.75) is 14.8 Å². The van der Waals surface area contributed by atoms with Gasteiger partial charge in [-0.05, 0) is 24.3 Å². The first-order valence-corrected chi connectivity index (χ1v) is 8.04. The van der Waals surface area contributed by atoms with Crippen LogP contribution in [0.15, 0.2) is 64.6 Å². The molecule has 7 heteroatoms. The molecule has 2 unspecified atom stereocenters. The molecule has 1 aromatic heterocycles. The normalized spacial score (nSPS) is 14.8. The van der Waals surface area contributed by atoms with E-state index >= 15 is 0 Å². The molecule has 0 amide bonds. The molecule has 0 saturated heterocycles. The van der Waals surface area contributed by atoms with Crippen molar-refractivity contribution in [2.24, 2.45) is 0 Å². The lowest BCUT2D eigenvalue weighted by Gasteiger charge is -2.09. The van der Waals surface area contributed by atoms with E-state index in [9.17, 15) is 17.0 Å². The fraction of sp³-hybridized carbons (Fsp3) is 0.0833. The molecule has 1 heterocycles. The quantitative estimate of drug-likeness (QED) is 0.865. The van der Waals surface area contributed by atoms with E-state index in [4.69, 9.17) is 0 Å². The monoisotopic (exact) mass is 299 g/mol. The molecule has 0 aliphatic heterocycles. The lowest BCUT2D eigenvalue weighted by atomic mass is 10.4. The molecule has 100 valence electrons. The fourth-order valence-corrected chi connectivity index (χ4v) is 4.24. The highest BCUT2D eigenvalue weighted by Crippen LogP contribution is 2.21. The highest BCUT2D eigenvalue weighted by molar-refractivity contribution is 8.06. The van der Waals surface area contributed by atoms with Gasteiger partial charge in [-0.1, -0.05) is 24.3 Å². The predicted octanol–water partition coefficient (Wildman–Crippen LogP) is 1.92. The van der Waals surface area contributed by atoms with Gasteiger partial charge >= 0.3 is 0 Å². The van der Waals surface area contributed by atoms with Crippen LogP contribution in [0.5, 0.6) is 0 Å². The fourth-order valence-electron chi connectivity index (χ4n) is 1.39. The van der Waals surface area contributed by atoms with E-state index in [0.29, 0.717) is 0 Å². The van der Waals surface area contributed by atoms with E-state index in [0.717, 1.165) is 0 Å². The largest absolute Gasteiger partial charge is 0.284 e. The molecule has 0 aliphatic carbocycles. The molecule has 0 aliphatic rings. The van der Waals surface area contributed by atoms with Gasteiger partial charge in [-0.3, -0.25) is 4.21 Å².